The number of likely N-dealkylation sites (tertiary alicyclic amines) is 1. The number of aromatic amines is 2. The maximum absolute atomic E-state index is 4.51. The summed E-state index contributed by atoms with van der Waals surface area (Å²) in [5.41, 5.74) is 2.76. The molecule has 6 heteroatoms. The molecule has 2 aliphatic heterocycles. The number of hydrogen-bond donors (Lipinski definition) is 2. The highest BCUT2D eigenvalue weighted by atomic mass is 15.6. The Morgan fingerprint density at radius 2 is 1.83 bits per heavy atom. The molecular formula is C23H32N6. The molecule has 4 heterocycles. The normalized spacial score (nSPS) is 20.8. The number of hydrogen-bond acceptors (Lipinski definition) is 4. The molecule has 0 spiro atoms. The van der Waals surface area contributed by atoms with Crippen LogP contribution in [0.5, 0.6) is 0 Å². The summed E-state index contributed by atoms with van der Waals surface area (Å²) < 4.78 is 0. The van der Waals surface area contributed by atoms with E-state index < -0.39 is 0 Å². The minimum atomic E-state index is 0.612. The monoisotopic (exact) mass is 392 g/mol. The number of H-pyrrole nitrogens is 2. The van der Waals surface area contributed by atoms with Crippen molar-refractivity contribution in [1.82, 2.24) is 29.9 Å². The fourth-order valence-corrected chi connectivity index (χ4v) is 5.16. The first kappa shape index (κ1) is 18.9. The molecule has 3 aromatic rings. The fourth-order valence-electron chi connectivity index (χ4n) is 5.16. The van der Waals surface area contributed by atoms with Gasteiger partial charge in [-0.3, -0.25) is 0 Å². The Balaban J connectivity index is 1.29. The average molecular weight is 393 g/mol. The van der Waals surface area contributed by atoms with Gasteiger partial charge in [-0.15, -0.1) is 0 Å². The van der Waals surface area contributed by atoms with E-state index in [1.165, 1.54) is 55.2 Å². The van der Waals surface area contributed by atoms with Crippen molar-refractivity contribution in [2.24, 2.45) is 0 Å². The molecule has 0 saturated carbocycles. The van der Waals surface area contributed by atoms with Crippen LogP contribution in [0, 0.1) is 0 Å². The van der Waals surface area contributed by atoms with Crippen molar-refractivity contribution in [3.8, 4) is 0 Å². The van der Waals surface area contributed by atoms with Gasteiger partial charge in [-0.1, -0.05) is 18.2 Å². The first-order valence-corrected chi connectivity index (χ1v) is 11.0. The third kappa shape index (κ3) is 3.97. The number of benzene rings is 1. The maximum Gasteiger partial charge on any atom is 0.121 e. The topological polar surface area (TPSA) is 54.2 Å². The van der Waals surface area contributed by atoms with Crippen LogP contribution in [0.4, 0.5) is 0 Å². The molecule has 2 N–H and O–H groups in total. The van der Waals surface area contributed by atoms with Crippen LogP contribution < -0.4 is 0 Å². The third-order valence-corrected chi connectivity index (χ3v) is 6.87. The molecule has 0 bridgehead atoms. The van der Waals surface area contributed by atoms with Gasteiger partial charge in [0.05, 0.1) is 6.54 Å². The summed E-state index contributed by atoms with van der Waals surface area (Å²) >= 11 is 0. The van der Waals surface area contributed by atoms with E-state index in [1.54, 1.807) is 0 Å². The van der Waals surface area contributed by atoms with Crippen molar-refractivity contribution in [1.29, 1.82) is 0 Å². The first-order chi connectivity index (χ1) is 14.3. The number of fused-ring (bicyclic) bond motifs is 1. The molecule has 0 amide bonds. The SMILES string of the molecule is CN1CCC(N(Cc2ncc[nH]2)N2CCC(c3c[nH]c4ccccc34)CC2)CC1. The number of nitrogens with zero attached hydrogens (tertiary/aromatic N) is 4. The van der Waals surface area contributed by atoms with E-state index in [1.807, 2.05) is 12.4 Å². The maximum atomic E-state index is 4.51. The highest BCUT2D eigenvalue weighted by Crippen LogP contribution is 2.34. The van der Waals surface area contributed by atoms with Crippen LogP contribution in [0.3, 0.4) is 0 Å². The second-order valence-corrected chi connectivity index (χ2v) is 8.69. The van der Waals surface area contributed by atoms with Crippen LogP contribution >= 0.6 is 0 Å². The van der Waals surface area contributed by atoms with Gasteiger partial charge in [-0.2, -0.15) is 0 Å². The van der Waals surface area contributed by atoms with Gasteiger partial charge >= 0.3 is 0 Å². The number of rotatable bonds is 5. The minimum Gasteiger partial charge on any atom is -0.361 e. The van der Waals surface area contributed by atoms with E-state index in [0.717, 1.165) is 25.5 Å². The van der Waals surface area contributed by atoms with Crippen LogP contribution in [0.2, 0.25) is 0 Å². The molecule has 0 unspecified atom stereocenters. The van der Waals surface area contributed by atoms with Gasteiger partial charge in [-0.25, -0.2) is 15.0 Å². The Morgan fingerprint density at radius 3 is 2.59 bits per heavy atom. The number of imidazole rings is 1. The van der Waals surface area contributed by atoms with Crippen LogP contribution in [0.25, 0.3) is 10.9 Å². The van der Waals surface area contributed by atoms with Gasteiger partial charge in [0, 0.05) is 48.6 Å². The Bertz CT molecular complexity index is 901. The van der Waals surface area contributed by atoms with E-state index in [2.05, 4.69) is 67.4 Å². The molecule has 29 heavy (non-hydrogen) atoms. The number of aromatic nitrogens is 3. The standard InChI is InChI=1S/C23H32N6/c1-27-12-8-19(9-13-27)29(17-23-24-10-11-25-23)28-14-6-18(7-15-28)21-16-26-22-5-3-2-4-20(21)22/h2-5,10-11,16,18-19,26H,6-9,12-15,17H2,1H3,(H,24,25). The van der Waals surface area contributed by atoms with Gasteiger partial charge < -0.3 is 14.9 Å². The molecule has 5 rings (SSSR count). The quantitative estimate of drug-likeness (QED) is 0.697. The van der Waals surface area contributed by atoms with Crippen LogP contribution in [-0.2, 0) is 6.54 Å². The molecule has 2 aromatic heterocycles. The largest absolute Gasteiger partial charge is 0.361 e. The van der Waals surface area contributed by atoms with Crippen molar-refractivity contribution < 1.29 is 0 Å². The summed E-state index contributed by atoms with van der Waals surface area (Å²) in [5.74, 6) is 1.72. The average Bonchev–Trinajstić information content (AvgIpc) is 3.43. The Morgan fingerprint density at radius 1 is 1.03 bits per heavy atom. The zero-order valence-electron chi connectivity index (χ0n) is 17.3. The molecule has 154 valence electrons. The summed E-state index contributed by atoms with van der Waals surface area (Å²) in [4.78, 5) is 13.7. The van der Waals surface area contributed by atoms with Gasteiger partial charge in [0.25, 0.3) is 0 Å². The van der Waals surface area contributed by atoms with Crippen molar-refractivity contribution in [3.63, 3.8) is 0 Å². The molecular weight excluding hydrogens is 360 g/mol. The number of piperidine rings is 2. The summed E-state index contributed by atoms with van der Waals surface area (Å²) in [6.45, 7) is 5.50. The Hall–Kier alpha value is -2.15. The molecule has 0 radical (unpaired) electrons. The van der Waals surface area contributed by atoms with E-state index in [4.69, 9.17) is 0 Å². The van der Waals surface area contributed by atoms with E-state index in [9.17, 15) is 0 Å². The fraction of sp³-hybridized carbons (Fsp3) is 0.522. The van der Waals surface area contributed by atoms with Gasteiger partial charge in [0.1, 0.15) is 5.82 Å². The molecule has 6 nitrogen and oxygen atoms in total. The van der Waals surface area contributed by atoms with E-state index in [-0.39, 0.29) is 0 Å². The lowest BCUT2D eigenvalue weighted by molar-refractivity contribution is -0.0971. The number of nitrogens with one attached hydrogen (secondary N) is 2. The van der Waals surface area contributed by atoms with Crippen LogP contribution in [0.1, 0.15) is 43.0 Å². The molecule has 2 aliphatic rings. The third-order valence-electron chi connectivity index (χ3n) is 6.87. The number of hydrazine groups is 1. The highest BCUT2D eigenvalue weighted by Gasteiger charge is 2.31. The van der Waals surface area contributed by atoms with E-state index in [0.29, 0.717) is 12.0 Å². The smallest absolute Gasteiger partial charge is 0.121 e. The zero-order valence-corrected chi connectivity index (χ0v) is 17.3. The first-order valence-electron chi connectivity index (χ1n) is 11.0. The minimum absolute atomic E-state index is 0.612. The van der Waals surface area contributed by atoms with Crippen LogP contribution in [-0.4, -0.2) is 69.1 Å². The van der Waals surface area contributed by atoms with Crippen molar-refractivity contribution >= 4 is 10.9 Å². The predicted molar refractivity (Wildman–Crippen MR) is 116 cm³/mol. The lowest BCUT2D eigenvalue weighted by Crippen LogP contribution is -2.54. The summed E-state index contributed by atoms with van der Waals surface area (Å²) in [7, 11) is 2.24. The Kier molecular flexibility index (Phi) is 5.40. The summed E-state index contributed by atoms with van der Waals surface area (Å²) in [5, 5.41) is 6.63. The van der Waals surface area contributed by atoms with Gasteiger partial charge in [-0.05, 0) is 63.4 Å². The molecule has 1 aromatic carbocycles. The van der Waals surface area contributed by atoms with Gasteiger partial charge in [0.15, 0.2) is 0 Å². The lowest BCUT2D eigenvalue weighted by Gasteiger charge is -2.45. The van der Waals surface area contributed by atoms with Crippen molar-refractivity contribution in [2.75, 3.05) is 33.2 Å². The van der Waals surface area contributed by atoms with Gasteiger partial charge in [0.2, 0.25) is 0 Å². The zero-order chi connectivity index (χ0) is 19.6. The molecule has 0 aliphatic carbocycles. The number of para-hydroxylation sites is 1. The Labute approximate surface area is 172 Å². The van der Waals surface area contributed by atoms with E-state index >= 15 is 0 Å². The molecule has 0 atom stereocenters. The molecule has 2 fully saturated rings. The lowest BCUT2D eigenvalue weighted by atomic mass is 9.89. The summed E-state index contributed by atoms with van der Waals surface area (Å²) in [6, 6.07) is 9.31. The molecule has 2 saturated heterocycles. The predicted octanol–water partition coefficient (Wildman–Crippen LogP) is 3.58. The van der Waals surface area contributed by atoms with Crippen molar-refractivity contribution in [2.45, 2.75) is 44.2 Å². The second kappa shape index (κ2) is 8.30. The second-order valence-electron chi connectivity index (χ2n) is 8.69. The van der Waals surface area contributed by atoms with Crippen molar-refractivity contribution in [3.05, 3.63) is 54.2 Å². The highest BCUT2D eigenvalue weighted by molar-refractivity contribution is 5.83. The summed E-state index contributed by atoms with van der Waals surface area (Å²) in [6.07, 6.45) is 10.9. The van der Waals surface area contributed by atoms with Crippen LogP contribution in [0.15, 0.2) is 42.9 Å².